The predicted octanol–water partition coefficient (Wildman–Crippen LogP) is 9.04. The number of aryl methyl sites for hydroxylation is 4. The third-order valence-electron chi connectivity index (χ3n) is 8.53. The van der Waals surface area contributed by atoms with Crippen LogP contribution < -0.4 is 11.5 Å². The summed E-state index contributed by atoms with van der Waals surface area (Å²) >= 11 is 0. The van der Waals surface area contributed by atoms with Gasteiger partial charge in [0.15, 0.2) is 0 Å². The second-order valence-corrected chi connectivity index (χ2v) is 10.8. The zero-order valence-electron chi connectivity index (χ0n) is 24.2. The van der Waals surface area contributed by atoms with Crippen LogP contribution in [0.4, 0.5) is 11.4 Å². The average molecular weight is 479 g/mol. The van der Waals surface area contributed by atoms with Gasteiger partial charge < -0.3 is 11.5 Å². The van der Waals surface area contributed by atoms with Crippen LogP contribution in [0.3, 0.4) is 0 Å². The summed E-state index contributed by atoms with van der Waals surface area (Å²) in [5.41, 5.74) is 24.6. The van der Waals surface area contributed by atoms with Gasteiger partial charge in [0.2, 0.25) is 0 Å². The van der Waals surface area contributed by atoms with Crippen molar-refractivity contribution in [2.75, 3.05) is 11.5 Å². The molecule has 0 aliphatic rings. The molecular weight excluding hydrogens is 424 g/mol. The molecule has 0 aromatic heterocycles. The van der Waals surface area contributed by atoms with Crippen molar-refractivity contribution in [2.24, 2.45) is 11.8 Å². The van der Waals surface area contributed by atoms with Gasteiger partial charge in [-0.05, 0) is 70.9 Å². The first-order valence-corrected chi connectivity index (χ1v) is 14.6. The number of nitrogens with two attached hydrogens (primary N) is 2. The molecule has 2 rings (SSSR count). The molecule has 0 radical (unpaired) electrons. The van der Waals surface area contributed by atoms with Gasteiger partial charge in [-0.3, -0.25) is 0 Å². The van der Waals surface area contributed by atoms with Gasteiger partial charge in [-0.15, -0.1) is 0 Å². The molecule has 0 bridgehead atoms. The van der Waals surface area contributed by atoms with Crippen LogP contribution in [0.5, 0.6) is 0 Å². The Kier molecular flexibility index (Phi) is 11.2. The van der Waals surface area contributed by atoms with Crippen LogP contribution >= 0.6 is 0 Å². The Labute approximate surface area is 217 Å². The molecule has 2 unspecified atom stereocenters. The molecule has 0 saturated carbocycles. The Morgan fingerprint density at radius 3 is 1.11 bits per heavy atom. The molecule has 0 aliphatic heterocycles. The van der Waals surface area contributed by atoms with E-state index >= 15 is 0 Å². The topological polar surface area (TPSA) is 52.0 Å². The highest BCUT2D eigenvalue weighted by atomic mass is 14.7. The lowest BCUT2D eigenvalue weighted by molar-refractivity contribution is 0.228. The molecule has 0 saturated heterocycles. The first-order chi connectivity index (χ1) is 16.8. The Morgan fingerprint density at radius 1 is 0.543 bits per heavy atom. The molecule has 196 valence electrons. The lowest BCUT2D eigenvalue weighted by Crippen LogP contribution is -2.44. The van der Waals surface area contributed by atoms with Crippen molar-refractivity contribution < 1.29 is 0 Å². The molecule has 0 aliphatic carbocycles. The monoisotopic (exact) mass is 478 g/mol. The van der Waals surface area contributed by atoms with E-state index in [1.165, 1.54) is 33.4 Å². The van der Waals surface area contributed by atoms with E-state index in [0.29, 0.717) is 11.8 Å². The normalized spacial score (nSPS) is 13.7. The van der Waals surface area contributed by atoms with Crippen LogP contribution in [0.25, 0.3) is 0 Å². The van der Waals surface area contributed by atoms with E-state index in [9.17, 15) is 0 Å². The van der Waals surface area contributed by atoms with E-state index in [1.54, 1.807) is 0 Å². The third kappa shape index (κ3) is 5.57. The highest BCUT2D eigenvalue weighted by Gasteiger charge is 2.48. The van der Waals surface area contributed by atoms with E-state index in [-0.39, 0.29) is 5.41 Å². The zero-order valence-corrected chi connectivity index (χ0v) is 24.2. The minimum atomic E-state index is -0.208. The molecule has 35 heavy (non-hydrogen) atoms. The summed E-state index contributed by atoms with van der Waals surface area (Å²) in [6.45, 7) is 18.7. The minimum absolute atomic E-state index is 0.208. The molecule has 2 aromatic rings. The summed E-state index contributed by atoms with van der Waals surface area (Å²) in [5.74, 6) is 0.837. The fourth-order valence-corrected chi connectivity index (χ4v) is 6.56. The fraction of sp³-hybridized carbons (Fsp3) is 0.636. The maximum absolute atomic E-state index is 7.24. The van der Waals surface area contributed by atoms with E-state index in [2.05, 4.69) is 79.7 Å². The lowest BCUT2D eigenvalue weighted by atomic mass is 9.55. The number of hydrogen-bond donors (Lipinski definition) is 2. The summed E-state index contributed by atoms with van der Waals surface area (Å²) in [6, 6.07) is 9.39. The largest absolute Gasteiger partial charge is 0.398 e. The van der Waals surface area contributed by atoms with E-state index in [1.807, 2.05) is 0 Å². The van der Waals surface area contributed by atoms with Crippen molar-refractivity contribution in [3.63, 3.8) is 0 Å². The average Bonchev–Trinajstić information content (AvgIpc) is 2.85. The van der Waals surface area contributed by atoms with Gasteiger partial charge in [-0.2, -0.15) is 0 Å². The summed E-state index contributed by atoms with van der Waals surface area (Å²) in [7, 11) is 0. The van der Waals surface area contributed by atoms with Crippen LogP contribution in [-0.2, 0) is 31.1 Å². The Balaban J connectivity index is 3.19. The molecule has 2 nitrogen and oxygen atoms in total. The van der Waals surface area contributed by atoms with Crippen LogP contribution in [0.1, 0.15) is 127 Å². The van der Waals surface area contributed by atoms with Crippen molar-refractivity contribution in [1.82, 2.24) is 0 Å². The molecule has 2 heteroatoms. The molecule has 0 amide bonds. The van der Waals surface area contributed by atoms with E-state index in [0.717, 1.165) is 75.6 Å². The second-order valence-electron chi connectivity index (χ2n) is 10.8. The molecular formula is C33H54N2. The lowest BCUT2D eigenvalue weighted by Gasteiger charge is -2.49. The number of nitrogen functional groups attached to an aromatic ring is 2. The van der Waals surface area contributed by atoms with Crippen molar-refractivity contribution in [2.45, 2.75) is 125 Å². The molecule has 4 N–H and O–H groups in total. The van der Waals surface area contributed by atoms with Gasteiger partial charge in [0.25, 0.3) is 0 Å². The number of benzene rings is 2. The highest BCUT2D eigenvalue weighted by Crippen LogP contribution is 2.55. The first kappa shape index (κ1) is 29.3. The van der Waals surface area contributed by atoms with Gasteiger partial charge in [0, 0.05) is 16.8 Å². The van der Waals surface area contributed by atoms with Gasteiger partial charge in [0.1, 0.15) is 0 Å². The number of rotatable bonds is 14. The summed E-state index contributed by atoms with van der Waals surface area (Å²) in [4.78, 5) is 0. The van der Waals surface area contributed by atoms with Crippen LogP contribution in [0.15, 0.2) is 24.3 Å². The van der Waals surface area contributed by atoms with E-state index < -0.39 is 0 Å². The third-order valence-corrected chi connectivity index (χ3v) is 8.53. The summed E-state index contributed by atoms with van der Waals surface area (Å²) in [6.07, 6.45) is 10.8. The SMILES string of the molecule is CCCc1ccc(CCC)c(C(c2c(CCC)ccc(CCC)c2N)(C(C)CC)C(C)CC)c1N. The van der Waals surface area contributed by atoms with Gasteiger partial charge in [-0.1, -0.05) is 118 Å². The zero-order chi connectivity index (χ0) is 26.2. The number of hydrogen-bond acceptors (Lipinski definition) is 2. The maximum Gasteiger partial charge on any atom is 0.0391 e. The Hall–Kier alpha value is -1.96. The first-order valence-electron chi connectivity index (χ1n) is 14.6. The standard InChI is InChI=1S/C33H54N2/c1-9-15-25-19-21-27(17-11-3)31(34)29(25)33(23(7)13-5,24(8)14-6)30-26(16-10-2)20-22-28(18-12-4)32(30)35/h19-24H,9-18,34-35H2,1-8H3. The van der Waals surface area contributed by atoms with Crippen molar-refractivity contribution in [1.29, 1.82) is 0 Å². The smallest absolute Gasteiger partial charge is 0.0391 e. The van der Waals surface area contributed by atoms with Gasteiger partial charge in [-0.25, -0.2) is 0 Å². The van der Waals surface area contributed by atoms with E-state index in [4.69, 9.17) is 11.5 Å². The van der Waals surface area contributed by atoms with Crippen molar-refractivity contribution >= 4 is 11.4 Å². The molecule has 0 spiro atoms. The molecule has 2 atom stereocenters. The highest BCUT2D eigenvalue weighted by molar-refractivity contribution is 5.70. The molecule has 2 aromatic carbocycles. The summed E-state index contributed by atoms with van der Waals surface area (Å²) in [5, 5.41) is 0. The fourth-order valence-electron chi connectivity index (χ4n) is 6.56. The Bertz CT molecular complexity index is 865. The number of anilines is 2. The van der Waals surface area contributed by atoms with Gasteiger partial charge in [0.05, 0.1) is 0 Å². The summed E-state index contributed by atoms with van der Waals surface area (Å²) < 4.78 is 0. The van der Waals surface area contributed by atoms with Crippen LogP contribution in [-0.4, -0.2) is 0 Å². The minimum Gasteiger partial charge on any atom is -0.398 e. The van der Waals surface area contributed by atoms with Crippen LogP contribution in [0.2, 0.25) is 0 Å². The van der Waals surface area contributed by atoms with Crippen LogP contribution in [0, 0.1) is 11.8 Å². The van der Waals surface area contributed by atoms with Crippen molar-refractivity contribution in [3.05, 3.63) is 57.6 Å². The Morgan fingerprint density at radius 2 is 0.829 bits per heavy atom. The maximum atomic E-state index is 7.24. The second kappa shape index (κ2) is 13.4. The molecule has 0 fully saturated rings. The van der Waals surface area contributed by atoms with Gasteiger partial charge >= 0.3 is 0 Å². The quantitative estimate of drug-likeness (QED) is 0.266. The predicted molar refractivity (Wildman–Crippen MR) is 157 cm³/mol. The van der Waals surface area contributed by atoms with Crippen molar-refractivity contribution in [3.8, 4) is 0 Å². The molecule has 0 heterocycles.